The van der Waals surface area contributed by atoms with Crippen molar-refractivity contribution in [2.24, 2.45) is 0 Å². The van der Waals surface area contributed by atoms with Crippen molar-refractivity contribution < 1.29 is 9.59 Å². The van der Waals surface area contributed by atoms with Gasteiger partial charge in [-0.05, 0) is 36.2 Å². The van der Waals surface area contributed by atoms with Gasteiger partial charge in [0.05, 0.1) is 0 Å². The van der Waals surface area contributed by atoms with Gasteiger partial charge in [0.1, 0.15) is 0 Å². The maximum absolute atomic E-state index is 12.4. The number of anilines is 3. The summed E-state index contributed by atoms with van der Waals surface area (Å²) in [6.45, 7) is 0.545. The third-order valence-corrected chi connectivity index (χ3v) is 3.95. The second-order valence-corrected chi connectivity index (χ2v) is 5.73. The third kappa shape index (κ3) is 3.04. The summed E-state index contributed by atoms with van der Waals surface area (Å²) >= 11 is 0. The average Bonchev–Trinajstić information content (AvgIpc) is 2.98. The lowest BCUT2D eigenvalue weighted by atomic mass is 10.2. The number of para-hydroxylation sites is 1. The largest absolute Gasteiger partial charge is 0.378 e. The fourth-order valence-corrected chi connectivity index (χ4v) is 2.72. The van der Waals surface area contributed by atoms with E-state index in [0.29, 0.717) is 12.2 Å². The van der Waals surface area contributed by atoms with Crippen molar-refractivity contribution in [2.45, 2.75) is 6.42 Å². The van der Waals surface area contributed by atoms with Crippen molar-refractivity contribution in [3.8, 4) is 0 Å². The van der Waals surface area contributed by atoms with Gasteiger partial charge in [-0.2, -0.15) is 0 Å². The number of rotatable bonds is 2. The van der Waals surface area contributed by atoms with Crippen molar-refractivity contribution in [3.05, 3.63) is 54.1 Å². The first-order chi connectivity index (χ1) is 11.1. The predicted octanol–water partition coefficient (Wildman–Crippen LogP) is 2.28. The van der Waals surface area contributed by atoms with Crippen LogP contribution in [0.4, 0.5) is 17.1 Å². The van der Waals surface area contributed by atoms with Crippen LogP contribution in [0.15, 0.2) is 48.5 Å². The summed E-state index contributed by atoms with van der Waals surface area (Å²) in [5.41, 5.74) is 3.50. The normalized spacial score (nSPS) is 12.7. The number of amides is 2. The lowest BCUT2D eigenvalue weighted by Gasteiger charge is -2.17. The van der Waals surface area contributed by atoms with Crippen LogP contribution in [0.2, 0.25) is 0 Å². The molecule has 0 spiro atoms. The molecule has 0 unspecified atom stereocenters. The maximum Gasteiger partial charge on any atom is 0.316 e. The lowest BCUT2D eigenvalue weighted by molar-refractivity contribution is -0.134. The van der Waals surface area contributed by atoms with E-state index >= 15 is 0 Å². The average molecular weight is 309 g/mol. The van der Waals surface area contributed by atoms with Crippen molar-refractivity contribution in [3.63, 3.8) is 0 Å². The molecule has 0 saturated carbocycles. The highest BCUT2D eigenvalue weighted by Crippen LogP contribution is 2.27. The second kappa shape index (κ2) is 6.12. The van der Waals surface area contributed by atoms with Gasteiger partial charge in [0.25, 0.3) is 0 Å². The summed E-state index contributed by atoms with van der Waals surface area (Å²) in [6.07, 6.45) is 0.783. The SMILES string of the molecule is CN(C)c1cccc(NC(=O)C(=O)N2CCc3ccccc32)c1. The minimum atomic E-state index is -0.613. The van der Waals surface area contributed by atoms with Crippen molar-refractivity contribution >= 4 is 28.9 Å². The van der Waals surface area contributed by atoms with E-state index in [9.17, 15) is 9.59 Å². The molecule has 1 aliphatic rings. The molecule has 2 amide bonds. The van der Waals surface area contributed by atoms with Crippen LogP contribution in [0, 0.1) is 0 Å². The van der Waals surface area contributed by atoms with E-state index in [2.05, 4.69) is 5.32 Å². The Labute approximate surface area is 135 Å². The molecule has 0 bridgehead atoms. The lowest BCUT2D eigenvalue weighted by Crippen LogP contribution is -2.38. The Hall–Kier alpha value is -2.82. The molecule has 5 nitrogen and oxygen atoms in total. The number of carbonyl (C=O) groups is 2. The van der Waals surface area contributed by atoms with Gasteiger partial charge < -0.3 is 15.1 Å². The van der Waals surface area contributed by atoms with Crippen molar-refractivity contribution in [1.29, 1.82) is 0 Å². The quantitative estimate of drug-likeness (QED) is 0.866. The molecule has 0 saturated heterocycles. The summed E-state index contributed by atoms with van der Waals surface area (Å²) < 4.78 is 0. The molecule has 2 aromatic carbocycles. The monoisotopic (exact) mass is 309 g/mol. The highest BCUT2D eigenvalue weighted by Gasteiger charge is 2.28. The molecule has 1 aliphatic heterocycles. The third-order valence-electron chi connectivity index (χ3n) is 3.95. The molecule has 3 rings (SSSR count). The molecule has 0 aromatic heterocycles. The molecule has 23 heavy (non-hydrogen) atoms. The van der Waals surface area contributed by atoms with E-state index in [1.807, 2.05) is 61.5 Å². The number of fused-ring (bicyclic) bond motifs is 1. The van der Waals surface area contributed by atoms with Crippen LogP contribution in [-0.4, -0.2) is 32.5 Å². The number of hydrogen-bond donors (Lipinski definition) is 1. The molecule has 118 valence electrons. The van der Waals surface area contributed by atoms with Gasteiger partial charge in [-0.25, -0.2) is 0 Å². The van der Waals surface area contributed by atoms with E-state index in [1.54, 1.807) is 11.0 Å². The zero-order valence-electron chi connectivity index (χ0n) is 13.2. The van der Waals surface area contributed by atoms with Gasteiger partial charge >= 0.3 is 11.8 Å². The van der Waals surface area contributed by atoms with Crippen LogP contribution < -0.4 is 15.1 Å². The maximum atomic E-state index is 12.4. The van der Waals surface area contributed by atoms with Crippen molar-refractivity contribution in [1.82, 2.24) is 0 Å². The van der Waals surface area contributed by atoms with Crippen LogP contribution in [0.3, 0.4) is 0 Å². The molecular weight excluding hydrogens is 290 g/mol. The topological polar surface area (TPSA) is 52.7 Å². The van der Waals surface area contributed by atoms with Gasteiger partial charge in [0.2, 0.25) is 0 Å². The van der Waals surface area contributed by atoms with Crippen LogP contribution in [-0.2, 0) is 16.0 Å². The zero-order valence-corrected chi connectivity index (χ0v) is 13.2. The molecule has 0 radical (unpaired) electrons. The van der Waals surface area contributed by atoms with E-state index in [0.717, 1.165) is 23.4 Å². The fourth-order valence-electron chi connectivity index (χ4n) is 2.72. The Kier molecular flexibility index (Phi) is 4.02. The number of nitrogens with one attached hydrogen (secondary N) is 1. The minimum absolute atomic E-state index is 0.523. The molecule has 1 N–H and O–H groups in total. The number of hydrogen-bond acceptors (Lipinski definition) is 3. The van der Waals surface area contributed by atoms with Crippen LogP contribution in [0.5, 0.6) is 0 Å². The first-order valence-electron chi connectivity index (χ1n) is 7.54. The number of carbonyl (C=O) groups excluding carboxylic acids is 2. The van der Waals surface area contributed by atoms with E-state index in [4.69, 9.17) is 0 Å². The Morgan fingerprint density at radius 2 is 1.87 bits per heavy atom. The summed E-state index contributed by atoms with van der Waals surface area (Å²) in [6, 6.07) is 15.1. The van der Waals surface area contributed by atoms with Gasteiger partial charge in [0.15, 0.2) is 0 Å². The van der Waals surface area contributed by atoms with E-state index in [1.165, 1.54) is 0 Å². The Bertz CT molecular complexity index is 755. The van der Waals surface area contributed by atoms with Crippen LogP contribution in [0.25, 0.3) is 0 Å². The first kappa shape index (κ1) is 15.1. The highest BCUT2D eigenvalue weighted by atomic mass is 16.2. The van der Waals surface area contributed by atoms with Gasteiger partial charge in [-0.15, -0.1) is 0 Å². The predicted molar refractivity (Wildman–Crippen MR) is 91.9 cm³/mol. The number of nitrogens with zero attached hydrogens (tertiary/aromatic N) is 2. The molecule has 0 atom stereocenters. The summed E-state index contributed by atoms with van der Waals surface area (Å²) in [5, 5.41) is 2.69. The molecule has 1 heterocycles. The minimum Gasteiger partial charge on any atom is -0.378 e. The molecule has 2 aromatic rings. The van der Waals surface area contributed by atoms with Gasteiger partial charge in [-0.3, -0.25) is 9.59 Å². The van der Waals surface area contributed by atoms with E-state index < -0.39 is 11.8 Å². The molecular formula is C18H19N3O2. The van der Waals surface area contributed by atoms with Gasteiger partial charge in [-0.1, -0.05) is 24.3 Å². The fraction of sp³-hybridized carbons (Fsp3) is 0.222. The summed E-state index contributed by atoms with van der Waals surface area (Å²) in [5.74, 6) is -1.14. The Morgan fingerprint density at radius 1 is 1.09 bits per heavy atom. The second-order valence-electron chi connectivity index (χ2n) is 5.73. The highest BCUT2D eigenvalue weighted by molar-refractivity contribution is 6.44. The van der Waals surface area contributed by atoms with Gasteiger partial charge in [0, 0.05) is 37.7 Å². The summed E-state index contributed by atoms with van der Waals surface area (Å²) in [4.78, 5) is 28.2. The molecule has 0 aliphatic carbocycles. The number of benzene rings is 2. The standard InChI is InChI=1S/C18H19N3O2/c1-20(2)15-8-5-7-14(12-15)19-17(22)18(23)21-11-10-13-6-3-4-9-16(13)21/h3-9,12H,10-11H2,1-2H3,(H,19,22). The van der Waals surface area contributed by atoms with Crippen LogP contribution in [0.1, 0.15) is 5.56 Å². The Balaban J connectivity index is 1.74. The summed E-state index contributed by atoms with van der Waals surface area (Å²) in [7, 11) is 3.85. The smallest absolute Gasteiger partial charge is 0.316 e. The Morgan fingerprint density at radius 3 is 2.65 bits per heavy atom. The van der Waals surface area contributed by atoms with Crippen LogP contribution >= 0.6 is 0 Å². The van der Waals surface area contributed by atoms with E-state index in [-0.39, 0.29) is 0 Å². The molecule has 0 fully saturated rings. The first-order valence-corrected chi connectivity index (χ1v) is 7.54. The zero-order chi connectivity index (χ0) is 16.4. The molecule has 5 heteroatoms. The van der Waals surface area contributed by atoms with Crippen molar-refractivity contribution in [2.75, 3.05) is 35.8 Å².